The fraction of sp³-hybridized carbons (Fsp3) is 0.400. The molecule has 0 unspecified atom stereocenters. The maximum atomic E-state index is 6.69. The number of nitrogens with zero attached hydrogens (tertiary/aromatic N) is 1. The van der Waals surface area contributed by atoms with Gasteiger partial charge in [-0.15, -0.1) is 0 Å². The highest BCUT2D eigenvalue weighted by Gasteiger charge is 2.14. The standard InChI is InChI=1S/C15H17N.H2/c1-16-12-11-13-7-9-15(10-8-13)14-5-3-2-4-6-14;/h7-12,14H,2-6H2;1H/b12-11+;. The molecular formula is C15H19N. The Hall–Kier alpha value is -1.55. The highest BCUT2D eigenvalue weighted by atomic mass is 14.6. The van der Waals surface area contributed by atoms with Crippen molar-refractivity contribution in [1.29, 1.82) is 0 Å². The largest absolute Gasteiger partial charge is 0.246 e. The van der Waals surface area contributed by atoms with E-state index in [0.29, 0.717) is 0 Å². The van der Waals surface area contributed by atoms with E-state index in [4.69, 9.17) is 6.57 Å². The van der Waals surface area contributed by atoms with E-state index in [-0.39, 0.29) is 1.43 Å². The molecule has 16 heavy (non-hydrogen) atoms. The Balaban J connectivity index is 0.00000144. The molecule has 0 atom stereocenters. The van der Waals surface area contributed by atoms with Gasteiger partial charge in [0.05, 0.1) is 6.57 Å². The summed E-state index contributed by atoms with van der Waals surface area (Å²) in [7, 11) is 0. The van der Waals surface area contributed by atoms with Crippen molar-refractivity contribution in [3.63, 3.8) is 0 Å². The van der Waals surface area contributed by atoms with Gasteiger partial charge in [0, 0.05) is 1.43 Å². The number of rotatable bonds is 2. The van der Waals surface area contributed by atoms with E-state index >= 15 is 0 Å². The molecule has 1 aromatic carbocycles. The molecule has 1 saturated carbocycles. The summed E-state index contributed by atoms with van der Waals surface area (Å²) >= 11 is 0. The Morgan fingerprint density at radius 2 is 1.81 bits per heavy atom. The van der Waals surface area contributed by atoms with Crippen LogP contribution < -0.4 is 0 Å². The molecule has 1 nitrogen and oxygen atoms in total. The van der Waals surface area contributed by atoms with Gasteiger partial charge in [-0.3, -0.25) is 0 Å². The second kappa shape index (κ2) is 5.51. The summed E-state index contributed by atoms with van der Waals surface area (Å²) in [6, 6.07) is 8.68. The fourth-order valence-electron chi connectivity index (χ4n) is 2.44. The summed E-state index contributed by atoms with van der Waals surface area (Å²) in [5, 5.41) is 0. The van der Waals surface area contributed by atoms with Crippen molar-refractivity contribution in [2.75, 3.05) is 0 Å². The molecule has 0 saturated heterocycles. The van der Waals surface area contributed by atoms with Crippen molar-refractivity contribution in [1.82, 2.24) is 0 Å². The Kier molecular flexibility index (Phi) is 3.77. The average molecular weight is 213 g/mol. The van der Waals surface area contributed by atoms with Crippen LogP contribution in [0.25, 0.3) is 10.9 Å². The van der Waals surface area contributed by atoms with Crippen LogP contribution in [0.2, 0.25) is 0 Å². The quantitative estimate of drug-likeness (QED) is 0.617. The van der Waals surface area contributed by atoms with Crippen molar-refractivity contribution in [2.45, 2.75) is 38.0 Å². The lowest BCUT2D eigenvalue weighted by Gasteiger charge is -2.21. The average Bonchev–Trinajstić information content (AvgIpc) is 2.38. The predicted molar refractivity (Wildman–Crippen MR) is 70.0 cm³/mol. The van der Waals surface area contributed by atoms with Gasteiger partial charge in [-0.1, -0.05) is 49.6 Å². The first-order valence-electron chi connectivity index (χ1n) is 6.03. The molecule has 0 spiro atoms. The monoisotopic (exact) mass is 213 g/mol. The first-order chi connectivity index (χ1) is 7.90. The second-order valence-corrected chi connectivity index (χ2v) is 4.45. The van der Waals surface area contributed by atoms with Crippen molar-refractivity contribution >= 4 is 6.08 Å². The number of hydrogen-bond donors (Lipinski definition) is 0. The smallest absolute Gasteiger partial charge is 0.154 e. The zero-order chi connectivity index (χ0) is 11.2. The second-order valence-electron chi connectivity index (χ2n) is 4.45. The van der Waals surface area contributed by atoms with Crippen LogP contribution in [-0.2, 0) is 0 Å². The number of hydrogen-bond acceptors (Lipinski definition) is 0. The minimum Gasteiger partial charge on any atom is -0.246 e. The van der Waals surface area contributed by atoms with Crippen LogP contribution in [0.3, 0.4) is 0 Å². The van der Waals surface area contributed by atoms with Crippen LogP contribution in [-0.4, -0.2) is 0 Å². The summed E-state index contributed by atoms with van der Waals surface area (Å²) in [4.78, 5) is 3.21. The molecule has 0 amide bonds. The minimum absolute atomic E-state index is 0. The van der Waals surface area contributed by atoms with Crippen LogP contribution in [0.15, 0.2) is 30.5 Å². The SMILES string of the molecule is [C-]#[N+]/C=C/c1ccc(C2CCCCC2)cc1.[HH]. The van der Waals surface area contributed by atoms with Crippen molar-refractivity contribution in [3.8, 4) is 0 Å². The van der Waals surface area contributed by atoms with E-state index in [1.807, 2.05) is 6.08 Å². The van der Waals surface area contributed by atoms with Gasteiger partial charge < -0.3 is 0 Å². The highest BCUT2D eigenvalue weighted by molar-refractivity contribution is 5.50. The van der Waals surface area contributed by atoms with Crippen LogP contribution in [0, 0.1) is 6.57 Å². The van der Waals surface area contributed by atoms with Gasteiger partial charge in [-0.05, 0) is 29.9 Å². The molecule has 1 heteroatoms. The molecule has 1 aromatic rings. The lowest BCUT2D eigenvalue weighted by molar-refractivity contribution is 0.443. The Morgan fingerprint density at radius 3 is 2.44 bits per heavy atom. The maximum absolute atomic E-state index is 6.69. The first-order valence-corrected chi connectivity index (χ1v) is 6.03. The van der Waals surface area contributed by atoms with E-state index in [1.165, 1.54) is 43.9 Å². The molecule has 2 rings (SSSR count). The highest BCUT2D eigenvalue weighted by Crippen LogP contribution is 2.32. The first kappa shape index (κ1) is 11.0. The third kappa shape index (κ3) is 2.73. The lowest BCUT2D eigenvalue weighted by Crippen LogP contribution is -2.04. The molecule has 1 aliphatic carbocycles. The van der Waals surface area contributed by atoms with Gasteiger partial charge in [-0.25, -0.2) is 4.85 Å². The van der Waals surface area contributed by atoms with Crippen LogP contribution in [0.5, 0.6) is 0 Å². The van der Waals surface area contributed by atoms with Crippen LogP contribution in [0.4, 0.5) is 0 Å². The summed E-state index contributed by atoms with van der Waals surface area (Å²) in [5.74, 6) is 0.771. The summed E-state index contributed by atoms with van der Waals surface area (Å²) in [6.45, 7) is 6.69. The van der Waals surface area contributed by atoms with Gasteiger partial charge in [0.25, 0.3) is 0 Å². The Morgan fingerprint density at radius 1 is 1.12 bits per heavy atom. The van der Waals surface area contributed by atoms with Crippen LogP contribution >= 0.6 is 0 Å². The van der Waals surface area contributed by atoms with Crippen molar-refractivity contribution in [3.05, 3.63) is 53.0 Å². The summed E-state index contributed by atoms with van der Waals surface area (Å²) in [6.07, 6.45) is 10.2. The fourth-order valence-corrected chi connectivity index (χ4v) is 2.44. The van der Waals surface area contributed by atoms with Gasteiger partial charge in [-0.2, -0.15) is 0 Å². The molecule has 0 aromatic heterocycles. The van der Waals surface area contributed by atoms with Crippen molar-refractivity contribution in [2.24, 2.45) is 0 Å². The molecule has 1 aliphatic rings. The molecule has 84 valence electrons. The Labute approximate surface area is 99.1 Å². The molecule has 0 aliphatic heterocycles. The number of benzene rings is 1. The topological polar surface area (TPSA) is 4.36 Å². The van der Waals surface area contributed by atoms with E-state index < -0.39 is 0 Å². The van der Waals surface area contributed by atoms with Gasteiger partial charge in [0.1, 0.15) is 0 Å². The molecule has 0 N–H and O–H groups in total. The van der Waals surface area contributed by atoms with E-state index in [0.717, 1.165) is 11.5 Å². The Bertz CT molecular complexity index is 394. The molecule has 0 radical (unpaired) electrons. The van der Waals surface area contributed by atoms with Gasteiger partial charge in [0.2, 0.25) is 0 Å². The summed E-state index contributed by atoms with van der Waals surface area (Å²) < 4.78 is 0. The molecule has 0 heterocycles. The van der Waals surface area contributed by atoms with Gasteiger partial charge in [0.15, 0.2) is 6.20 Å². The molecule has 0 bridgehead atoms. The predicted octanol–water partition coefficient (Wildman–Crippen LogP) is 4.87. The van der Waals surface area contributed by atoms with Crippen LogP contribution in [0.1, 0.15) is 50.6 Å². The third-order valence-corrected chi connectivity index (χ3v) is 3.35. The zero-order valence-electron chi connectivity index (χ0n) is 9.52. The molecular weight excluding hydrogens is 194 g/mol. The van der Waals surface area contributed by atoms with Crippen molar-refractivity contribution < 1.29 is 1.43 Å². The zero-order valence-corrected chi connectivity index (χ0v) is 9.52. The van der Waals surface area contributed by atoms with E-state index in [9.17, 15) is 0 Å². The summed E-state index contributed by atoms with van der Waals surface area (Å²) in [5.41, 5.74) is 2.59. The van der Waals surface area contributed by atoms with E-state index in [2.05, 4.69) is 29.1 Å². The van der Waals surface area contributed by atoms with E-state index in [1.54, 1.807) is 0 Å². The third-order valence-electron chi connectivity index (χ3n) is 3.35. The molecule has 1 fully saturated rings. The van der Waals surface area contributed by atoms with Gasteiger partial charge >= 0.3 is 0 Å². The lowest BCUT2D eigenvalue weighted by atomic mass is 9.84. The maximum Gasteiger partial charge on any atom is 0.154 e. The normalized spacial score (nSPS) is 17.4. The minimum atomic E-state index is 0.